The Balaban J connectivity index is 2.35. The highest BCUT2D eigenvalue weighted by molar-refractivity contribution is 5.23. The van der Waals surface area contributed by atoms with Gasteiger partial charge in [0.2, 0.25) is 0 Å². The number of hydrogen-bond donors (Lipinski definition) is 1. The summed E-state index contributed by atoms with van der Waals surface area (Å²) >= 11 is 0. The topological polar surface area (TPSA) is 26.0 Å². The average Bonchev–Trinajstić information content (AvgIpc) is 2.33. The SMILES string of the molecule is CCCCCCCCC(C)(N)c1cccc(F)c1. The first-order chi connectivity index (χ1) is 8.56. The zero-order valence-corrected chi connectivity index (χ0v) is 11.7. The molecule has 1 unspecified atom stereocenters. The molecule has 2 N–H and O–H groups in total. The Hall–Kier alpha value is -0.890. The summed E-state index contributed by atoms with van der Waals surface area (Å²) in [7, 11) is 0. The third-order valence-electron chi connectivity index (χ3n) is 3.53. The van der Waals surface area contributed by atoms with Gasteiger partial charge in [-0.2, -0.15) is 0 Å². The molecule has 1 atom stereocenters. The fraction of sp³-hybridized carbons (Fsp3) is 0.625. The predicted molar refractivity (Wildman–Crippen MR) is 75.9 cm³/mol. The van der Waals surface area contributed by atoms with Gasteiger partial charge in [0.05, 0.1) is 0 Å². The van der Waals surface area contributed by atoms with Crippen molar-refractivity contribution in [3.63, 3.8) is 0 Å². The quantitative estimate of drug-likeness (QED) is 0.663. The van der Waals surface area contributed by atoms with E-state index in [4.69, 9.17) is 5.73 Å². The molecule has 0 aliphatic rings. The first-order valence-corrected chi connectivity index (χ1v) is 7.11. The van der Waals surface area contributed by atoms with E-state index in [1.807, 2.05) is 13.0 Å². The van der Waals surface area contributed by atoms with Crippen molar-refractivity contribution in [1.29, 1.82) is 0 Å². The minimum absolute atomic E-state index is 0.202. The number of halogens is 1. The van der Waals surface area contributed by atoms with Crippen molar-refractivity contribution >= 4 is 0 Å². The van der Waals surface area contributed by atoms with Crippen molar-refractivity contribution in [2.75, 3.05) is 0 Å². The largest absolute Gasteiger partial charge is 0.322 e. The number of benzene rings is 1. The lowest BCUT2D eigenvalue weighted by molar-refractivity contribution is 0.419. The van der Waals surface area contributed by atoms with E-state index >= 15 is 0 Å². The van der Waals surface area contributed by atoms with Crippen molar-refractivity contribution in [3.8, 4) is 0 Å². The third-order valence-corrected chi connectivity index (χ3v) is 3.53. The van der Waals surface area contributed by atoms with Crippen molar-refractivity contribution in [1.82, 2.24) is 0 Å². The first-order valence-electron chi connectivity index (χ1n) is 7.11. The van der Waals surface area contributed by atoms with Crippen LogP contribution in [0.25, 0.3) is 0 Å². The lowest BCUT2D eigenvalue weighted by Crippen LogP contribution is -2.32. The molecule has 0 aromatic heterocycles. The fourth-order valence-electron chi connectivity index (χ4n) is 2.26. The molecule has 18 heavy (non-hydrogen) atoms. The van der Waals surface area contributed by atoms with Crippen LogP contribution in [-0.4, -0.2) is 0 Å². The van der Waals surface area contributed by atoms with Gasteiger partial charge in [-0.3, -0.25) is 0 Å². The van der Waals surface area contributed by atoms with Gasteiger partial charge >= 0.3 is 0 Å². The summed E-state index contributed by atoms with van der Waals surface area (Å²) in [5, 5.41) is 0. The average molecular weight is 251 g/mol. The van der Waals surface area contributed by atoms with Crippen molar-refractivity contribution in [2.24, 2.45) is 5.73 Å². The summed E-state index contributed by atoms with van der Waals surface area (Å²) in [5.41, 5.74) is 6.77. The third kappa shape index (κ3) is 5.18. The Labute approximate surface area is 111 Å². The molecular formula is C16H26FN. The van der Waals surface area contributed by atoms with E-state index in [1.54, 1.807) is 12.1 Å². The highest BCUT2D eigenvalue weighted by Gasteiger charge is 2.20. The number of nitrogens with two attached hydrogens (primary N) is 1. The molecule has 0 spiro atoms. The van der Waals surface area contributed by atoms with Crippen LogP contribution in [0.2, 0.25) is 0 Å². The molecule has 1 aromatic carbocycles. The van der Waals surface area contributed by atoms with Crippen LogP contribution in [0.1, 0.15) is 64.4 Å². The van der Waals surface area contributed by atoms with E-state index in [9.17, 15) is 4.39 Å². The summed E-state index contributed by atoms with van der Waals surface area (Å²) in [6.07, 6.45) is 8.46. The van der Waals surface area contributed by atoms with Crippen LogP contribution in [-0.2, 0) is 5.54 Å². The number of rotatable bonds is 8. The Morgan fingerprint density at radius 2 is 1.78 bits per heavy atom. The monoisotopic (exact) mass is 251 g/mol. The lowest BCUT2D eigenvalue weighted by atomic mass is 9.87. The number of hydrogen-bond acceptors (Lipinski definition) is 1. The van der Waals surface area contributed by atoms with E-state index < -0.39 is 5.54 Å². The molecule has 0 amide bonds. The fourth-order valence-corrected chi connectivity index (χ4v) is 2.26. The van der Waals surface area contributed by atoms with Gasteiger partial charge < -0.3 is 5.73 Å². The van der Waals surface area contributed by atoms with Gasteiger partial charge in [0.25, 0.3) is 0 Å². The summed E-state index contributed by atoms with van der Waals surface area (Å²) in [6.45, 7) is 4.22. The van der Waals surface area contributed by atoms with Crippen LogP contribution in [0.15, 0.2) is 24.3 Å². The van der Waals surface area contributed by atoms with Crippen molar-refractivity contribution in [3.05, 3.63) is 35.6 Å². The van der Waals surface area contributed by atoms with E-state index in [0.717, 1.165) is 18.4 Å². The maximum atomic E-state index is 13.2. The highest BCUT2D eigenvalue weighted by Crippen LogP contribution is 2.25. The molecule has 1 rings (SSSR count). The maximum Gasteiger partial charge on any atom is 0.123 e. The second-order valence-electron chi connectivity index (χ2n) is 5.45. The van der Waals surface area contributed by atoms with Crippen LogP contribution < -0.4 is 5.73 Å². The molecule has 0 fully saturated rings. The van der Waals surface area contributed by atoms with Gasteiger partial charge in [-0.25, -0.2) is 4.39 Å². The second kappa shape index (κ2) is 7.52. The zero-order chi connectivity index (χ0) is 13.4. The van der Waals surface area contributed by atoms with Crippen LogP contribution >= 0.6 is 0 Å². The van der Waals surface area contributed by atoms with E-state index in [-0.39, 0.29) is 5.82 Å². The zero-order valence-electron chi connectivity index (χ0n) is 11.7. The molecule has 0 bridgehead atoms. The standard InChI is InChI=1S/C16H26FN/c1-3-4-5-6-7-8-12-16(2,18)14-10-9-11-15(17)13-14/h9-11,13H,3-8,12,18H2,1-2H3. The van der Waals surface area contributed by atoms with Crippen LogP contribution in [0, 0.1) is 5.82 Å². The van der Waals surface area contributed by atoms with Crippen LogP contribution in [0.5, 0.6) is 0 Å². The molecule has 0 aliphatic carbocycles. The van der Waals surface area contributed by atoms with Gasteiger partial charge in [-0.1, -0.05) is 57.6 Å². The summed E-state index contributed by atoms with van der Waals surface area (Å²) < 4.78 is 13.2. The number of unbranched alkanes of at least 4 members (excludes halogenated alkanes) is 5. The smallest absolute Gasteiger partial charge is 0.123 e. The Morgan fingerprint density at radius 3 is 2.44 bits per heavy atom. The summed E-state index contributed by atoms with van der Waals surface area (Å²) in [4.78, 5) is 0. The Morgan fingerprint density at radius 1 is 1.11 bits per heavy atom. The summed E-state index contributed by atoms with van der Waals surface area (Å²) in [5.74, 6) is -0.202. The molecule has 0 saturated heterocycles. The minimum Gasteiger partial charge on any atom is -0.322 e. The highest BCUT2D eigenvalue weighted by atomic mass is 19.1. The minimum atomic E-state index is -0.410. The van der Waals surface area contributed by atoms with E-state index in [0.29, 0.717) is 0 Å². The van der Waals surface area contributed by atoms with Crippen molar-refractivity contribution < 1.29 is 4.39 Å². The lowest BCUT2D eigenvalue weighted by Gasteiger charge is -2.25. The van der Waals surface area contributed by atoms with Gasteiger partial charge in [-0.15, -0.1) is 0 Å². The molecule has 1 nitrogen and oxygen atoms in total. The molecule has 0 saturated carbocycles. The maximum absolute atomic E-state index is 13.2. The van der Waals surface area contributed by atoms with E-state index in [2.05, 4.69) is 6.92 Å². The van der Waals surface area contributed by atoms with Crippen LogP contribution in [0.4, 0.5) is 4.39 Å². The summed E-state index contributed by atoms with van der Waals surface area (Å²) in [6, 6.07) is 6.67. The van der Waals surface area contributed by atoms with E-state index in [1.165, 1.54) is 38.2 Å². The predicted octanol–water partition coefficient (Wildman–Crippen LogP) is 4.75. The van der Waals surface area contributed by atoms with Gasteiger partial charge in [-0.05, 0) is 31.0 Å². The first kappa shape index (κ1) is 15.2. The van der Waals surface area contributed by atoms with Gasteiger partial charge in [0.1, 0.15) is 5.82 Å². The van der Waals surface area contributed by atoms with Crippen LogP contribution in [0.3, 0.4) is 0 Å². The molecule has 0 heterocycles. The Bertz CT molecular complexity index is 347. The molecular weight excluding hydrogens is 225 g/mol. The second-order valence-corrected chi connectivity index (χ2v) is 5.45. The molecule has 102 valence electrons. The molecule has 0 aliphatic heterocycles. The molecule has 0 radical (unpaired) electrons. The Kier molecular flexibility index (Phi) is 6.34. The van der Waals surface area contributed by atoms with Gasteiger partial charge in [0.15, 0.2) is 0 Å². The normalized spacial score (nSPS) is 14.4. The van der Waals surface area contributed by atoms with Gasteiger partial charge in [0, 0.05) is 5.54 Å². The molecule has 2 heteroatoms. The molecule has 1 aromatic rings. The van der Waals surface area contributed by atoms with Crippen molar-refractivity contribution in [2.45, 2.75) is 64.3 Å².